The lowest BCUT2D eigenvalue weighted by Gasteiger charge is -2.29. The average molecular weight is 294 g/mol. The number of anilines is 1. The zero-order valence-corrected chi connectivity index (χ0v) is 11.7. The van der Waals surface area contributed by atoms with Gasteiger partial charge in [-0.3, -0.25) is 9.69 Å². The molecule has 5 nitrogen and oxygen atoms in total. The van der Waals surface area contributed by atoms with Gasteiger partial charge in [0.15, 0.2) is 0 Å². The van der Waals surface area contributed by atoms with Gasteiger partial charge in [-0.05, 0) is 37.6 Å². The Bertz CT molecular complexity index is 542. The topological polar surface area (TPSA) is 76.4 Å². The number of carbonyl (C=O) groups excluding carboxylic acids is 1. The molecule has 106 valence electrons. The SMILES string of the molecule is N#Cc1ccc(NC(=O)CN2CCC[C@H](O)C2)cc1Cl. The number of nitrogens with one attached hydrogen (secondary N) is 1. The largest absolute Gasteiger partial charge is 0.392 e. The number of benzene rings is 1. The maximum Gasteiger partial charge on any atom is 0.238 e. The predicted octanol–water partition coefficient (Wildman–Crippen LogP) is 1.61. The molecule has 1 atom stereocenters. The van der Waals surface area contributed by atoms with Gasteiger partial charge in [0.05, 0.1) is 23.2 Å². The van der Waals surface area contributed by atoms with E-state index < -0.39 is 0 Å². The molecule has 1 fully saturated rings. The van der Waals surface area contributed by atoms with Crippen LogP contribution in [0.1, 0.15) is 18.4 Å². The first kappa shape index (κ1) is 14.8. The molecular weight excluding hydrogens is 278 g/mol. The van der Waals surface area contributed by atoms with Crippen LogP contribution in [0.15, 0.2) is 18.2 Å². The highest BCUT2D eigenvalue weighted by Crippen LogP contribution is 2.20. The van der Waals surface area contributed by atoms with Gasteiger partial charge < -0.3 is 10.4 Å². The first-order chi connectivity index (χ1) is 9.58. The number of rotatable bonds is 3. The minimum Gasteiger partial charge on any atom is -0.392 e. The number of piperidine rings is 1. The Morgan fingerprint density at radius 1 is 1.60 bits per heavy atom. The molecule has 1 amide bonds. The molecule has 6 heteroatoms. The van der Waals surface area contributed by atoms with E-state index in [0.717, 1.165) is 19.4 Å². The molecule has 1 saturated heterocycles. The minimum atomic E-state index is -0.346. The van der Waals surface area contributed by atoms with Gasteiger partial charge >= 0.3 is 0 Å². The Balaban J connectivity index is 1.91. The summed E-state index contributed by atoms with van der Waals surface area (Å²) in [5, 5.41) is 21.4. The van der Waals surface area contributed by atoms with Crippen molar-refractivity contribution in [3.05, 3.63) is 28.8 Å². The van der Waals surface area contributed by atoms with E-state index in [4.69, 9.17) is 16.9 Å². The number of aliphatic hydroxyl groups is 1. The molecule has 1 aromatic carbocycles. The van der Waals surface area contributed by atoms with E-state index in [1.54, 1.807) is 18.2 Å². The molecule has 2 N–H and O–H groups in total. The van der Waals surface area contributed by atoms with E-state index in [0.29, 0.717) is 22.8 Å². The van der Waals surface area contributed by atoms with Gasteiger partial charge in [-0.15, -0.1) is 0 Å². The van der Waals surface area contributed by atoms with Crippen molar-refractivity contribution in [3.63, 3.8) is 0 Å². The van der Waals surface area contributed by atoms with Gasteiger partial charge in [0, 0.05) is 12.2 Å². The summed E-state index contributed by atoms with van der Waals surface area (Å²) in [6.07, 6.45) is 1.35. The molecule has 1 heterocycles. The number of amides is 1. The highest BCUT2D eigenvalue weighted by molar-refractivity contribution is 6.32. The number of aliphatic hydroxyl groups excluding tert-OH is 1. The van der Waals surface area contributed by atoms with Crippen molar-refractivity contribution in [2.45, 2.75) is 18.9 Å². The lowest BCUT2D eigenvalue weighted by Crippen LogP contribution is -2.42. The normalized spacial score (nSPS) is 19.4. The van der Waals surface area contributed by atoms with Crippen molar-refractivity contribution in [2.75, 3.05) is 25.0 Å². The molecule has 0 aliphatic carbocycles. The van der Waals surface area contributed by atoms with Crippen LogP contribution < -0.4 is 5.32 Å². The van der Waals surface area contributed by atoms with Gasteiger partial charge in [-0.25, -0.2) is 0 Å². The Morgan fingerprint density at radius 2 is 2.40 bits per heavy atom. The molecule has 0 saturated carbocycles. The molecule has 0 spiro atoms. The van der Waals surface area contributed by atoms with Crippen molar-refractivity contribution in [3.8, 4) is 6.07 Å². The number of halogens is 1. The third-order valence-electron chi connectivity index (χ3n) is 3.22. The van der Waals surface area contributed by atoms with E-state index in [1.807, 2.05) is 11.0 Å². The van der Waals surface area contributed by atoms with E-state index >= 15 is 0 Å². The molecule has 0 unspecified atom stereocenters. The standard InChI is InChI=1S/C14H16ClN3O2/c15-13-6-11(4-3-10(13)7-16)17-14(20)9-18-5-1-2-12(19)8-18/h3-4,6,12,19H,1-2,5,8-9H2,(H,17,20)/t12-/m0/s1. The fourth-order valence-corrected chi connectivity index (χ4v) is 2.48. The summed E-state index contributed by atoms with van der Waals surface area (Å²) in [6, 6.07) is 6.74. The summed E-state index contributed by atoms with van der Waals surface area (Å²) in [5.74, 6) is -0.153. The number of carbonyl (C=O) groups is 1. The van der Waals surface area contributed by atoms with E-state index in [1.165, 1.54) is 0 Å². The number of β-amino-alcohol motifs (C(OH)–C–C–N with tert-alkyl or cyclic N) is 1. The van der Waals surface area contributed by atoms with E-state index in [2.05, 4.69) is 5.32 Å². The Labute approximate surface area is 122 Å². The van der Waals surface area contributed by atoms with Crippen LogP contribution in [-0.2, 0) is 4.79 Å². The van der Waals surface area contributed by atoms with Crippen molar-refractivity contribution >= 4 is 23.2 Å². The smallest absolute Gasteiger partial charge is 0.238 e. The zero-order chi connectivity index (χ0) is 14.5. The third-order valence-corrected chi connectivity index (χ3v) is 3.53. The predicted molar refractivity (Wildman–Crippen MR) is 76.5 cm³/mol. The highest BCUT2D eigenvalue weighted by Gasteiger charge is 2.19. The quantitative estimate of drug-likeness (QED) is 0.887. The van der Waals surface area contributed by atoms with Crippen molar-refractivity contribution in [1.29, 1.82) is 5.26 Å². The monoisotopic (exact) mass is 293 g/mol. The van der Waals surface area contributed by atoms with Crippen LogP contribution in [0.5, 0.6) is 0 Å². The van der Waals surface area contributed by atoms with E-state index in [-0.39, 0.29) is 18.6 Å². The van der Waals surface area contributed by atoms with E-state index in [9.17, 15) is 9.90 Å². The number of hydrogen-bond donors (Lipinski definition) is 2. The molecule has 2 rings (SSSR count). The molecule has 20 heavy (non-hydrogen) atoms. The number of hydrogen-bond acceptors (Lipinski definition) is 4. The van der Waals surface area contributed by atoms with Crippen LogP contribution in [0.2, 0.25) is 5.02 Å². The first-order valence-electron chi connectivity index (χ1n) is 6.48. The van der Waals surface area contributed by atoms with Gasteiger partial charge in [0.25, 0.3) is 0 Å². The summed E-state index contributed by atoms with van der Waals surface area (Å²) in [5.41, 5.74) is 0.945. The molecule has 0 aromatic heterocycles. The number of nitriles is 1. The molecular formula is C14H16ClN3O2. The average Bonchev–Trinajstić information content (AvgIpc) is 2.38. The molecule has 1 aliphatic rings. The maximum atomic E-state index is 11.9. The summed E-state index contributed by atoms with van der Waals surface area (Å²) < 4.78 is 0. The summed E-state index contributed by atoms with van der Waals surface area (Å²) in [4.78, 5) is 13.8. The van der Waals surface area contributed by atoms with Crippen LogP contribution in [0.4, 0.5) is 5.69 Å². The van der Waals surface area contributed by atoms with Crippen LogP contribution >= 0.6 is 11.6 Å². The lowest BCUT2D eigenvalue weighted by atomic mass is 10.1. The maximum absolute atomic E-state index is 11.9. The molecule has 0 radical (unpaired) electrons. The van der Waals surface area contributed by atoms with Gasteiger partial charge in [-0.2, -0.15) is 5.26 Å². The fraction of sp³-hybridized carbons (Fsp3) is 0.429. The minimum absolute atomic E-state index is 0.153. The van der Waals surface area contributed by atoms with Gasteiger partial charge in [0.2, 0.25) is 5.91 Å². The Morgan fingerprint density at radius 3 is 3.05 bits per heavy atom. The first-order valence-corrected chi connectivity index (χ1v) is 6.86. The second-order valence-electron chi connectivity index (χ2n) is 4.89. The van der Waals surface area contributed by atoms with Crippen LogP contribution in [0.25, 0.3) is 0 Å². The number of nitrogens with zero attached hydrogens (tertiary/aromatic N) is 2. The van der Waals surface area contributed by atoms with Gasteiger partial charge in [0.1, 0.15) is 6.07 Å². The van der Waals surface area contributed by atoms with Crippen LogP contribution in [-0.4, -0.2) is 41.7 Å². The lowest BCUT2D eigenvalue weighted by molar-refractivity contribution is -0.118. The van der Waals surface area contributed by atoms with Gasteiger partial charge in [-0.1, -0.05) is 11.6 Å². The summed E-state index contributed by atoms with van der Waals surface area (Å²) >= 11 is 5.91. The third kappa shape index (κ3) is 3.94. The molecule has 1 aromatic rings. The Hall–Kier alpha value is -1.61. The Kier molecular flexibility index (Phi) is 4.96. The second-order valence-corrected chi connectivity index (χ2v) is 5.29. The van der Waals surface area contributed by atoms with Crippen LogP contribution in [0, 0.1) is 11.3 Å². The molecule has 1 aliphatic heterocycles. The summed E-state index contributed by atoms with van der Waals surface area (Å²) in [6.45, 7) is 1.59. The fourth-order valence-electron chi connectivity index (χ4n) is 2.26. The zero-order valence-electron chi connectivity index (χ0n) is 11.0. The van der Waals surface area contributed by atoms with Crippen molar-refractivity contribution < 1.29 is 9.90 Å². The molecule has 0 bridgehead atoms. The summed E-state index contributed by atoms with van der Waals surface area (Å²) in [7, 11) is 0. The second kappa shape index (κ2) is 6.71. The van der Waals surface area contributed by atoms with Crippen molar-refractivity contribution in [2.24, 2.45) is 0 Å². The highest BCUT2D eigenvalue weighted by atomic mass is 35.5. The number of likely N-dealkylation sites (tertiary alicyclic amines) is 1. The van der Waals surface area contributed by atoms with Crippen molar-refractivity contribution in [1.82, 2.24) is 4.90 Å². The van der Waals surface area contributed by atoms with Crippen LogP contribution in [0.3, 0.4) is 0 Å².